The van der Waals surface area contributed by atoms with E-state index in [2.05, 4.69) is 20.9 Å². The van der Waals surface area contributed by atoms with E-state index in [0.717, 1.165) is 47.8 Å². The highest BCUT2D eigenvalue weighted by molar-refractivity contribution is 5.48. The third-order valence-electron chi connectivity index (χ3n) is 4.14. The zero-order chi connectivity index (χ0) is 15.1. The van der Waals surface area contributed by atoms with E-state index in [0.29, 0.717) is 12.4 Å². The highest BCUT2D eigenvalue weighted by Gasteiger charge is 2.23. The van der Waals surface area contributed by atoms with E-state index in [1.807, 2.05) is 19.1 Å². The van der Waals surface area contributed by atoms with Crippen LogP contribution in [-0.4, -0.2) is 28.2 Å². The van der Waals surface area contributed by atoms with Crippen molar-refractivity contribution in [1.29, 1.82) is 0 Å². The molecule has 2 aliphatic rings. The summed E-state index contributed by atoms with van der Waals surface area (Å²) < 4.78 is 11.0. The van der Waals surface area contributed by atoms with Gasteiger partial charge >= 0.3 is 0 Å². The smallest absolute Gasteiger partial charge is 0.254 e. The van der Waals surface area contributed by atoms with Crippen molar-refractivity contribution in [3.8, 4) is 11.5 Å². The Morgan fingerprint density at radius 2 is 2.27 bits per heavy atom. The number of H-pyrrole nitrogens is 1. The molecule has 0 fully saturated rings. The lowest BCUT2D eigenvalue weighted by Gasteiger charge is -2.27. The number of hydrogen-bond acceptors (Lipinski definition) is 5. The molecule has 3 heterocycles. The highest BCUT2D eigenvalue weighted by atomic mass is 16.7. The fourth-order valence-electron chi connectivity index (χ4n) is 3.11. The van der Waals surface area contributed by atoms with Gasteiger partial charge in [0, 0.05) is 30.8 Å². The molecule has 1 aromatic carbocycles. The number of hydrogen-bond donors (Lipinski definition) is 1. The molecular formula is C16H17N3O3. The van der Waals surface area contributed by atoms with Gasteiger partial charge in [0.25, 0.3) is 5.56 Å². The van der Waals surface area contributed by atoms with Crippen LogP contribution in [-0.2, 0) is 19.5 Å². The summed E-state index contributed by atoms with van der Waals surface area (Å²) >= 11 is 0. The van der Waals surface area contributed by atoms with Gasteiger partial charge in [-0.15, -0.1) is 0 Å². The molecule has 22 heavy (non-hydrogen) atoms. The van der Waals surface area contributed by atoms with E-state index in [1.165, 1.54) is 0 Å². The SMILES string of the molecule is Cc1nc2c(c(=O)[nH]1)CCN(Cc1cccc3c1OCO3)C2. The van der Waals surface area contributed by atoms with Gasteiger partial charge in [-0.3, -0.25) is 9.69 Å². The maximum Gasteiger partial charge on any atom is 0.254 e. The number of rotatable bonds is 2. The zero-order valence-corrected chi connectivity index (χ0v) is 12.4. The van der Waals surface area contributed by atoms with Crippen LogP contribution in [0.5, 0.6) is 11.5 Å². The lowest BCUT2D eigenvalue weighted by molar-refractivity contribution is 0.171. The number of benzene rings is 1. The minimum absolute atomic E-state index is 0.000476. The largest absolute Gasteiger partial charge is 0.454 e. The van der Waals surface area contributed by atoms with Crippen LogP contribution in [0.4, 0.5) is 0 Å². The van der Waals surface area contributed by atoms with Crippen LogP contribution in [0.2, 0.25) is 0 Å². The Hall–Kier alpha value is -2.34. The average molecular weight is 299 g/mol. The van der Waals surface area contributed by atoms with E-state index < -0.39 is 0 Å². The third kappa shape index (κ3) is 2.25. The van der Waals surface area contributed by atoms with Crippen molar-refractivity contribution in [3.05, 3.63) is 51.2 Å². The zero-order valence-electron chi connectivity index (χ0n) is 12.4. The van der Waals surface area contributed by atoms with Crippen LogP contribution < -0.4 is 15.0 Å². The second-order valence-corrected chi connectivity index (χ2v) is 5.69. The number of ether oxygens (including phenoxy) is 2. The second-order valence-electron chi connectivity index (χ2n) is 5.69. The summed E-state index contributed by atoms with van der Waals surface area (Å²) in [6.07, 6.45) is 0.727. The van der Waals surface area contributed by atoms with Gasteiger partial charge in [0.15, 0.2) is 11.5 Å². The van der Waals surface area contributed by atoms with Gasteiger partial charge in [-0.1, -0.05) is 12.1 Å². The monoisotopic (exact) mass is 299 g/mol. The van der Waals surface area contributed by atoms with E-state index in [4.69, 9.17) is 9.47 Å². The molecule has 0 saturated heterocycles. The molecule has 0 amide bonds. The standard InChI is InChI=1S/C16H17N3O3/c1-10-17-13-8-19(6-5-12(13)16(20)18-10)7-11-3-2-4-14-15(11)22-9-21-14/h2-4H,5-9H2,1H3,(H,17,18,20). The maximum atomic E-state index is 12.0. The number of nitrogens with zero attached hydrogens (tertiary/aromatic N) is 2. The average Bonchev–Trinajstić information content (AvgIpc) is 2.96. The van der Waals surface area contributed by atoms with Gasteiger partial charge in [0.05, 0.1) is 5.69 Å². The lowest BCUT2D eigenvalue weighted by Crippen LogP contribution is -2.35. The molecule has 4 rings (SSSR count). The van der Waals surface area contributed by atoms with Crippen molar-refractivity contribution in [1.82, 2.24) is 14.9 Å². The first kappa shape index (κ1) is 13.3. The van der Waals surface area contributed by atoms with Gasteiger partial charge < -0.3 is 14.5 Å². The van der Waals surface area contributed by atoms with Crippen LogP contribution in [0.1, 0.15) is 22.6 Å². The van der Waals surface area contributed by atoms with Crippen LogP contribution in [0, 0.1) is 6.92 Å². The van der Waals surface area contributed by atoms with Crippen LogP contribution in [0.15, 0.2) is 23.0 Å². The number of aromatic amines is 1. The van der Waals surface area contributed by atoms with Crippen molar-refractivity contribution in [2.45, 2.75) is 26.4 Å². The van der Waals surface area contributed by atoms with Crippen molar-refractivity contribution in [3.63, 3.8) is 0 Å². The first-order chi connectivity index (χ1) is 10.7. The number of aryl methyl sites for hydroxylation is 1. The van der Waals surface area contributed by atoms with Crippen molar-refractivity contribution in [2.75, 3.05) is 13.3 Å². The topological polar surface area (TPSA) is 67.5 Å². The molecule has 2 aromatic rings. The first-order valence-corrected chi connectivity index (χ1v) is 7.39. The van der Waals surface area contributed by atoms with Crippen LogP contribution in [0.25, 0.3) is 0 Å². The Morgan fingerprint density at radius 1 is 1.36 bits per heavy atom. The Balaban J connectivity index is 1.59. The molecule has 0 saturated carbocycles. The van der Waals surface area contributed by atoms with Crippen molar-refractivity contribution < 1.29 is 9.47 Å². The number of para-hydroxylation sites is 1. The Kier molecular flexibility index (Phi) is 3.11. The molecule has 0 unspecified atom stereocenters. The third-order valence-corrected chi connectivity index (χ3v) is 4.14. The highest BCUT2D eigenvalue weighted by Crippen LogP contribution is 2.36. The molecule has 0 aliphatic carbocycles. The molecule has 0 radical (unpaired) electrons. The summed E-state index contributed by atoms with van der Waals surface area (Å²) in [5.74, 6) is 2.31. The predicted molar refractivity (Wildman–Crippen MR) is 80.0 cm³/mol. The molecule has 1 N–H and O–H groups in total. The Bertz CT molecular complexity index is 785. The Labute approximate surface area is 127 Å². The molecule has 6 nitrogen and oxygen atoms in total. The number of aromatic nitrogens is 2. The van der Waals surface area contributed by atoms with E-state index in [-0.39, 0.29) is 12.4 Å². The molecular weight excluding hydrogens is 282 g/mol. The van der Waals surface area contributed by atoms with Crippen molar-refractivity contribution in [2.24, 2.45) is 0 Å². The molecule has 0 atom stereocenters. The minimum atomic E-state index is -0.000476. The summed E-state index contributed by atoms with van der Waals surface area (Å²) in [6.45, 7) is 4.39. The molecule has 114 valence electrons. The lowest BCUT2D eigenvalue weighted by atomic mass is 10.1. The quantitative estimate of drug-likeness (QED) is 0.907. The van der Waals surface area contributed by atoms with Crippen LogP contribution in [0.3, 0.4) is 0 Å². The normalized spacial score (nSPS) is 16.6. The molecule has 0 spiro atoms. The number of fused-ring (bicyclic) bond motifs is 2. The maximum absolute atomic E-state index is 12.0. The fraction of sp³-hybridized carbons (Fsp3) is 0.375. The van der Waals surface area contributed by atoms with Crippen molar-refractivity contribution >= 4 is 0 Å². The molecule has 1 aromatic heterocycles. The summed E-state index contributed by atoms with van der Waals surface area (Å²) in [7, 11) is 0. The van der Waals surface area contributed by atoms with Crippen LogP contribution >= 0.6 is 0 Å². The molecule has 6 heteroatoms. The minimum Gasteiger partial charge on any atom is -0.454 e. The van der Waals surface area contributed by atoms with Gasteiger partial charge in [0.2, 0.25) is 6.79 Å². The Morgan fingerprint density at radius 3 is 3.18 bits per heavy atom. The summed E-state index contributed by atoms with van der Waals surface area (Å²) in [5, 5.41) is 0. The predicted octanol–water partition coefficient (Wildman–Crippen LogP) is 1.37. The van der Waals surface area contributed by atoms with Gasteiger partial charge in [-0.2, -0.15) is 0 Å². The second kappa shape index (κ2) is 5.14. The molecule has 0 bridgehead atoms. The fourth-order valence-corrected chi connectivity index (χ4v) is 3.11. The molecule has 2 aliphatic heterocycles. The van der Waals surface area contributed by atoms with E-state index in [9.17, 15) is 4.79 Å². The summed E-state index contributed by atoms with van der Waals surface area (Å²) in [5.41, 5.74) is 2.82. The summed E-state index contributed by atoms with van der Waals surface area (Å²) in [6, 6.07) is 5.95. The van der Waals surface area contributed by atoms with Gasteiger partial charge in [-0.25, -0.2) is 4.98 Å². The van der Waals surface area contributed by atoms with Gasteiger partial charge in [-0.05, 0) is 19.4 Å². The van der Waals surface area contributed by atoms with E-state index in [1.54, 1.807) is 0 Å². The summed E-state index contributed by atoms with van der Waals surface area (Å²) in [4.78, 5) is 21.5. The first-order valence-electron chi connectivity index (χ1n) is 7.39. The van der Waals surface area contributed by atoms with E-state index >= 15 is 0 Å². The van der Waals surface area contributed by atoms with Gasteiger partial charge in [0.1, 0.15) is 5.82 Å². The number of nitrogens with one attached hydrogen (secondary N) is 1.